The summed E-state index contributed by atoms with van der Waals surface area (Å²) in [4.78, 5) is 44.0. The minimum atomic E-state index is -0.468. The minimum Gasteiger partial charge on any atom is -0.378 e. The van der Waals surface area contributed by atoms with Crippen LogP contribution in [0, 0.1) is 16.0 Å². The summed E-state index contributed by atoms with van der Waals surface area (Å²) in [6, 6.07) is 12.2. The van der Waals surface area contributed by atoms with Crippen LogP contribution in [0.3, 0.4) is 0 Å². The number of fused-ring (bicyclic) bond motifs is 1. The highest BCUT2D eigenvalue weighted by atomic mass is 32.1. The fraction of sp³-hybridized carbons (Fsp3) is 0.400. The van der Waals surface area contributed by atoms with Gasteiger partial charge < -0.3 is 14.5 Å². The van der Waals surface area contributed by atoms with E-state index in [1.165, 1.54) is 28.4 Å². The Bertz CT molecular complexity index is 1170. The molecule has 1 fully saturated rings. The monoisotopic (exact) mass is 513 g/mol. The molecule has 0 N–H and O–H groups in total. The van der Waals surface area contributed by atoms with E-state index in [-0.39, 0.29) is 17.5 Å². The lowest BCUT2D eigenvalue weighted by Crippen LogP contribution is -2.39. The van der Waals surface area contributed by atoms with Crippen LogP contribution < -0.4 is 9.80 Å². The first kappa shape index (κ1) is 27.0. The number of non-ortho nitro benzene ring substituents is 1. The van der Waals surface area contributed by atoms with Gasteiger partial charge >= 0.3 is 0 Å². The molecule has 192 valence electrons. The summed E-state index contributed by atoms with van der Waals surface area (Å²) in [6.45, 7) is 6.89. The molecule has 2 amide bonds. The Morgan fingerprint density at radius 2 is 1.89 bits per heavy atom. The normalized spacial score (nSPS) is 13.2. The number of morpholine rings is 1. The fourth-order valence-electron chi connectivity index (χ4n) is 3.62. The van der Waals surface area contributed by atoms with Crippen molar-refractivity contribution in [3.63, 3.8) is 0 Å². The number of anilines is 2. The molecule has 1 aromatic heterocycles. The molecule has 36 heavy (non-hydrogen) atoms. The third kappa shape index (κ3) is 6.76. The van der Waals surface area contributed by atoms with Crippen LogP contribution in [-0.4, -0.2) is 74.1 Å². The number of benzene rings is 2. The highest BCUT2D eigenvalue weighted by molar-refractivity contribution is 7.22. The molecule has 10 nitrogen and oxygen atoms in total. The second kappa shape index (κ2) is 12.4. The Hall–Kier alpha value is -3.57. The van der Waals surface area contributed by atoms with Crippen molar-refractivity contribution in [1.29, 1.82) is 0 Å². The van der Waals surface area contributed by atoms with E-state index < -0.39 is 4.92 Å². The van der Waals surface area contributed by atoms with Crippen molar-refractivity contribution in [2.45, 2.75) is 13.8 Å². The van der Waals surface area contributed by atoms with Gasteiger partial charge in [0.15, 0.2) is 5.13 Å². The smallest absolute Gasteiger partial charge is 0.270 e. The van der Waals surface area contributed by atoms with Crippen LogP contribution in [0.5, 0.6) is 0 Å². The molecule has 2 heterocycles. The van der Waals surface area contributed by atoms with E-state index in [4.69, 9.17) is 4.74 Å². The molecule has 4 rings (SSSR count). The second-order valence-electron chi connectivity index (χ2n) is 8.90. The number of hydrogen-bond acceptors (Lipinski definition) is 8. The molecule has 0 bridgehead atoms. The number of rotatable bonds is 7. The summed E-state index contributed by atoms with van der Waals surface area (Å²) in [5, 5.41) is 12.0. The van der Waals surface area contributed by atoms with Crippen LogP contribution in [-0.2, 0) is 9.53 Å². The SMILES string of the molecule is CC(C)CN(C(=O)c1cc([N+](=O)[O-])ccc1N1CCOCC1)c1nc2ccccc2s1.CN(C)C=O. The summed E-state index contributed by atoms with van der Waals surface area (Å²) in [5.41, 5.74) is 1.73. The van der Waals surface area contributed by atoms with Crippen LogP contribution in [0.4, 0.5) is 16.5 Å². The molecule has 3 aromatic rings. The summed E-state index contributed by atoms with van der Waals surface area (Å²) in [7, 11) is 3.38. The number of aromatic nitrogens is 1. The van der Waals surface area contributed by atoms with Gasteiger partial charge in [-0.15, -0.1) is 0 Å². The maximum Gasteiger partial charge on any atom is 0.270 e. The average Bonchev–Trinajstić information content (AvgIpc) is 3.31. The van der Waals surface area contributed by atoms with E-state index >= 15 is 0 Å². The van der Waals surface area contributed by atoms with Crippen LogP contribution in [0.2, 0.25) is 0 Å². The Morgan fingerprint density at radius 3 is 2.47 bits per heavy atom. The molecule has 11 heteroatoms. The summed E-state index contributed by atoms with van der Waals surface area (Å²) < 4.78 is 6.43. The molecular weight excluding hydrogens is 482 g/mol. The average molecular weight is 514 g/mol. The number of carbonyl (C=O) groups excluding carboxylic acids is 2. The number of thiazole rings is 1. The number of para-hydroxylation sites is 1. The first-order valence-electron chi connectivity index (χ1n) is 11.6. The van der Waals surface area contributed by atoms with Gasteiger partial charge in [-0.1, -0.05) is 37.3 Å². The molecular formula is C25H31N5O5S. The molecule has 0 atom stereocenters. The third-order valence-corrected chi connectivity index (χ3v) is 6.35. The van der Waals surface area contributed by atoms with Crippen molar-refractivity contribution < 1.29 is 19.2 Å². The lowest BCUT2D eigenvalue weighted by Gasteiger charge is -2.31. The lowest BCUT2D eigenvalue weighted by atomic mass is 10.1. The predicted molar refractivity (Wildman–Crippen MR) is 142 cm³/mol. The summed E-state index contributed by atoms with van der Waals surface area (Å²) in [6.07, 6.45) is 0.750. The number of amides is 2. The Labute approximate surface area is 214 Å². The molecule has 1 saturated heterocycles. The van der Waals surface area contributed by atoms with Gasteiger partial charge in [-0.2, -0.15) is 0 Å². The van der Waals surface area contributed by atoms with Crippen LogP contribution in [0.1, 0.15) is 24.2 Å². The quantitative estimate of drug-likeness (QED) is 0.266. The minimum absolute atomic E-state index is 0.103. The van der Waals surface area contributed by atoms with Gasteiger partial charge in [-0.3, -0.25) is 24.6 Å². The Kier molecular flexibility index (Phi) is 9.31. The van der Waals surface area contributed by atoms with E-state index in [1.807, 2.05) is 43.0 Å². The number of carbonyl (C=O) groups is 2. The van der Waals surface area contributed by atoms with Crippen LogP contribution in [0.25, 0.3) is 10.2 Å². The van der Waals surface area contributed by atoms with Crippen molar-refractivity contribution in [1.82, 2.24) is 9.88 Å². The van der Waals surface area contributed by atoms with Crippen LogP contribution >= 0.6 is 11.3 Å². The van der Waals surface area contributed by atoms with Gasteiger partial charge in [0.2, 0.25) is 6.41 Å². The van der Waals surface area contributed by atoms with E-state index in [0.717, 1.165) is 16.6 Å². The van der Waals surface area contributed by atoms with Gasteiger partial charge in [0, 0.05) is 45.9 Å². The highest BCUT2D eigenvalue weighted by Crippen LogP contribution is 2.33. The summed E-state index contributed by atoms with van der Waals surface area (Å²) >= 11 is 1.45. The first-order valence-corrected chi connectivity index (χ1v) is 12.4. The number of nitro groups is 1. The van der Waals surface area contributed by atoms with Crippen LogP contribution in [0.15, 0.2) is 42.5 Å². The molecule has 1 aliphatic heterocycles. The molecule has 2 aromatic carbocycles. The zero-order valence-electron chi connectivity index (χ0n) is 20.9. The van der Waals surface area contributed by atoms with Gasteiger partial charge in [0.25, 0.3) is 11.6 Å². The molecule has 0 saturated carbocycles. The van der Waals surface area contributed by atoms with Crippen molar-refractivity contribution >= 4 is 50.4 Å². The first-order chi connectivity index (χ1) is 17.2. The maximum absolute atomic E-state index is 13.8. The Balaban J connectivity index is 0.000000658. The van der Waals surface area contributed by atoms with Gasteiger partial charge in [0.1, 0.15) is 0 Å². The maximum atomic E-state index is 13.8. The molecule has 1 aliphatic rings. The largest absolute Gasteiger partial charge is 0.378 e. The molecule has 0 aliphatic carbocycles. The molecule has 0 spiro atoms. The van der Waals surface area contributed by atoms with E-state index in [0.29, 0.717) is 49.2 Å². The van der Waals surface area contributed by atoms with Crippen molar-refractivity contribution in [3.05, 3.63) is 58.1 Å². The fourth-order valence-corrected chi connectivity index (χ4v) is 4.60. The van der Waals surface area contributed by atoms with Crippen molar-refractivity contribution in [2.75, 3.05) is 56.7 Å². The number of hydrogen-bond donors (Lipinski definition) is 0. The zero-order valence-corrected chi connectivity index (χ0v) is 21.7. The molecule has 0 unspecified atom stereocenters. The van der Waals surface area contributed by atoms with E-state index in [1.54, 1.807) is 25.1 Å². The van der Waals surface area contributed by atoms with E-state index in [9.17, 15) is 19.7 Å². The van der Waals surface area contributed by atoms with E-state index in [2.05, 4.69) is 4.98 Å². The Morgan fingerprint density at radius 1 is 1.22 bits per heavy atom. The second-order valence-corrected chi connectivity index (χ2v) is 9.91. The van der Waals surface area contributed by atoms with Gasteiger partial charge in [-0.05, 0) is 24.1 Å². The zero-order chi connectivity index (χ0) is 26.2. The highest BCUT2D eigenvalue weighted by Gasteiger charge is 2.28. The third-order valence-electron chi connectivity index (χ3n) is 5.29. The van der Waals surface area contributed by atoms with Gasteiger partial charge in [-0.25, -0.2) is 4.98 Å². The standard InChI is InChI=1S/C22H24N4O4S.C3H7NO/c1-15(2)14-25(22-23-18-5-3-4-6-20(18)31-22)21(27)17-13-16(26(28)29)7-8-19(17)24-9-11-30-12-10-24;1-4(2)3-5/h3-8,13,15H,9-12,14H2,1-2H3;3H,1-2H3. The lowest BCUT2D eigenvalue weighted by molar-refractivity contribution is -0.384. The number of nitro benzene ring substituents is 1. The van der Waals surface area contributed by atoms with Crippen molar-refractivity contribution in [3.8, 4) is 0 Å². The predicted octanol–water partition coefficient (Wildman–Crippen LogP) is 4.05. The van der Waals surface area contributed by atoms with Crippen molar-refractivity contribution in [2.24, 2.45) is 5.92 Å². The topological polar surface area (TPSA) is 109 Å². The number of ether oxygens (including phenoxy) is 1. The summed E-state index contributed by atoms with van der Waals surface area (Å²) in [5.74, 6) is -0.0838. The van der Waals surface area contributed by atoms with Gasteiger partial charge in [0.05, 0.1) is 39.6 Å². The molecule has 0 radical (unpaired) electrons. The number of nitrogens with zero attached hydrogens (tertiary/aromatic N) is 5.